The van der Waals surface area contributed by atoms with Crippen LogP contribution in [0.15, 0.2) is 66.7 Å². The molecule has 0 unspecified atom stereocenters. The maximum atomic E-state index is 6.99. The van der Waals surface area contributed by atoms with Gasteiger partial charge in [-0.15, -0.1) is 0 Å². The van der Waals surface area contributed by atoms with Crippen LogP contribution in [0.2, 0.25) is 13.1 Å². The summed E-state index contributed by atoms with van der Waals surface area (Å²) in [7, 11) is -2.10. The molecule has 2 heteroatoms. The lowest BCUT2D eigenvalue weighted by atomic mass is 9.80. The highest BCUT2D eigenvalue weighted by atomic mass is 28.4. The first kappa shape index (κ1) is 23.2. The number of hydrogen-bond donors (Lipinski definition) is 0. The lowest BCUT2D eigenvalue weighted by Gasteiger charge is -2.43. The van der Waals surface area contributed by atoms with Crippen molar-refractivity contribution in [1.82, 2.24) is 0 Å². The Bertz CT molecular complexity index is 830. The molecule has 154 valence electrons. The molecule has 0 spiro atoms. The van der Waals surface area contributed by atoms with E-state index in [0.717, 1.165) is 0 Å². The van der Waals surface area contributed by atoms with Crippen molar-refractivity contribution in [2.75, 3.05) is 0 Å². The summed E-state index contributed by atoms with van der Waals surface area (Å²) in [6.45, 7) is 15.6. The van der Waals surface area contributed by atoms with Gasteiger partial charge in [0.05, 0.1) is 0 Å². The molecule has 0 saturated carbocycles. The van der Waals surface area contributed by atoms with Crippen LogP contribution in [0.3, 0.4) is 0 Å². The number of rotatable bonds is 7. The Kier molecular flexibility index (Phi) is 8.08. The quantitative estimate of drug-likeness (QED) is 0.377. The van der Waals surface area contributed by atoms with Gasteiger partial charge in [0.2, 0.25) is 8.32 Å². The highest BCUT2D eigenvalue weighted by Crippen LogP contribution is 2.33. The molecular formula is C27H36OSi. The zero-order valence-corrected chi connectivity index (χ0v) is 20.1. The van der Waals surface area contributed by atoms with Gasteiger partial charge >= 0.3 is 0 Å². The average Bonchev–Trinajstić information content (AvgIpc) is 2.70. The summed E-state index contributed by atoms with van der Waals surface area (Å²) in [5.74, 6) is 7.86. The van der Waals surface area contributed by atoms with Gasteiger partial charge in [0.1, 0.15) is 5.60 Å². The number of hydrogen-bond acceptors (Lipinski definition) is 1. The highest BCUT2D eigenvalue weighted by molar-refractivity contribution is 6.84. The molecule has 2 aromatic carbocycles. The van der Waals surface area contributed by atoms with E-state index >= 15 is 0 Å². The normalized spacial score (nSPS) is 13.6. The molecule has 0 aromatic heterocycles. The molecule has 0 heterocycles. The SMILES string of the molecule is CC(C)C(C#C[C@@H](C)/C=C/c1ccccc1)(O[Si](C)(C)c1ccccc1)C(C)C. The van der Waals surface area contributed by atoms with Gasteiger partial charge in [0.15, 0.2) is 0 Å². The lowest BCUT2D eigenvalue weighted by Crippen LogP contribution is -2.56. The fourth-order valence-corrected chi connectivity index (χ4v) is 6.11. The zero-order chi connectivity index (χ0) is 21.5. The summed E-state index contributed by atoms with van der Waals surface area (Å²) >= 11 is 0. The summed E-state index contributed by atoms with van der Waals surface area (Å²) in [5, 5.41) is 1.31. The Hall–Kier alpha value is -2.08. The molecule has 0 saturated heterocycles. The van der Waals surface area contributed by atoms with E-state index in [2.05, 4.69) is 126 Å². The standard InChI is InChI=1S/C27H36OSi/c1-22(2)27(23(3)4,28-29(6,7)26-16-12-9-13-17-26)21-20-24(5)18-19-25-14-10-8-11-15-25/h8-19,22-24H,1-7H3/b19-18+/t24-/m0/s1. The minimum atomic E-state index is -2.10. The summed E-state index contributed by atoms with van der Waals surface area (Å²) in [4.78, 5) is 0. The van der Waals surface area contributed by atoms with E-state index in [-0.39, 0.29) is 5.92 Å². The summed E-state index contributed by atoms with van der Waals surface area (Å²) in [6.07, 6.45) is 4.32. The van der Waals surface area contributed by atoms with Gasteiger partial charge in [0.25, 0.3) is 0 Å². The maximum absolute atomic E-state index is 6.99. The fourth-order valence-electron chi connectivity index (χ4n) is 3.63. The molecule has 29 heavy (non-hydrogen) atoms. The molecule has 0 N–H and O–H groups in total. The van der Waals surface area contributed by atoms with Crippen molar-refractivity contribution in [2.45, 2.75) is 53.3 Å². The van der Waals surface area contributed by atoms with Gasteiger partial charge < -0.3 is 4.43 Å². The molecule has 0 aliphatic heterocycles. The van der Waals surface area contributed by atoms with E-state index in [4.69, 9.17) is 4.43 Å². The molecule has 0 aliphatic carbocycles. The molecule has 0 radical (unpaired) electrons. The van der Waals surface area contributed by atoms with Crippen LogP contribution in [-0.4, -0.2) is 13.9 Å². The molecule has 0 bridgehead atoms. The highest BCUT2D eigenvalue weighted by Gasteiger charge is 2.43. The second-order valence-electron chi connectivity index (χ2n) is 8.91. The van der Waals surface area contributed by atoms with E-state index in [0.29, 0.717) is 11.8 Å². The lowest BCUT2D eigenvalue weighted by molar-refractivity contribution is 0.0291. The van der Waals surface area contributed by atoms with Crippen molar-refractivity contribution in [3.63, 3.8) is 0 Å². The second kappa shape index (κ2) is 10.1. The van der Waals surface area contributed by atoms with Crippen LogP contribution in [0.4, 0.5) is 0 Å². The van der Waals surface area contributed by atoms with Crippen molar-refractivity contribution >= 4 is 19.6 Å². The van der Waals surface area contributed by atoms with E-state index in [9.17, 15) is 0 Å². The minimum Gasteiger partial charge on any atom is -0.396 e. The van der Waals surface area contributed by atoms with Gasteiger partial charge in [-0.1, -0.05) is 112 Å². The predicted octanol–water partition coefficient (Wildman–Crippen LogP) is 6.52. The first-order valence-electron chi connectivity index (χ1n) is 10.7. The smallest absolute Gasteiger partial charge is 0.220 e. The summed E-state index contributed by atoms with van der Waals surface area (Å²) < 4.78 is 6.99. The molecule has 0 amide bonds. The van der Waals surface area contributed by atoms with E-state index in [1.165, 1.54) is 10.8 Å². The van der Waals surface area contributed by atoms with Gasteiger partial charge in [-0.2, -0.15) is 0 Å². The van der Waals surface area contributed by atoms with Crippen LogP contribution in [0.25, 0.3) is 6.08 Å². The van der Waals surface area contributed by atoms with Crippen molar-refractivity contribution in [1.29, 1.82) is 0 Å². The predicted molar refractivity (Wildman–Crippen MR) is 129 cm³/mol. The van der Waals surface area contributed by atoms with Crippen molar-refractivity contribution in [3.8, 4) is 11.8 Å². The van der Waals surface area contributed by atoms with E-state index < -0.39 is 13.9 Å². The first-order chi connectivity index (χ1) is 13.7. The van der Waals surface area contributed by atoms with Crippen molar-refractivity contribution in [3.05, 3.63) is 72.3 Å². The van der Waals surface area contributed by atoms with Gasteiger partial charge in [0, 0.05) is 5.92 Å². The third kappa shape index (κ3) is 6.20. The molecular weight excluding hydrogens is 368 g/mol. The minimum absolute atomic E-state index is 0.164. The molecule has 1 atom stereocenters. The van der Waals surface area contributed by atoms with Crippen LogP contribution in [-0.2, 0) is 4.43 Å². The Morgan fingerprint density at radius 1 is 0.828 bits per heavy atom. The van der Waals surface area contributed by atoms with Crippen LogP contribution in [0.1, 0.15) is 40.2 Å². The van der Waals surface area contributed by atoms with E-state index in [1.54, 1.807) is 0 Å². The molecule has 2 aromatic rings. The molecule has 1 nitrogen and oxygen atoms in total. The fraction of sp³-hybridized carbons (Fsp3) is 0.407. The van der Waals surface area contributed by atoms with Gasteiger partial charge in [-0.25, -0.2) is 0 Å². The Balaban J connectivity index is 2.31. The molecule has 0 fully saturated rings. The van der Waals surface area contributed by atoms with Crippen LogP contribution in [0.5, 0.6) is 0 Å². The van der Waals surface area contributed by atoms with Gasteiger partial charge in [-0.3, -0.25) is 0 Å². The monoisotopic (exact) mass is 404 g/mol. The van der Waals surface area contributed by atoms with Crippen molar-refractivity contribution in [2.24, 2.45) is 17.8 Å². The molecule has 0 aliphatic rings. The van der Waals surface area contributed by atoms with Crippen LogP contribution in [0, 0.1) is 29.6 Å². The summed E-state index contributed by atoms with van der Waals surface area (Å²) in [5.41, 5.74) is 0.745. The first-order valence-corrected chi connectivity index (χ1v) is 13.6. The van der Waals surface area contributed by atoms with E-state index in [1.807, 2.05) is 6.07 Å². The Morgan fingerprint density at radius 2 is 1.34 bits per heavy atom. The number of benzene rings is 2. The Labute approximate surface area is 179 Å². The topological polar surface area (TPSA) is 9.23 Å². The summed E-state index contributed by atoms with van der Waals surface area (Å²) in [6, 6.07) is 21.0. The van der Waals surface area contributed by atoms with Crippen LogP contribution < -0.4 is 5.19 Å². The average molecular weight is 405 g/mol. The Morgan fingerprint density at radius 3 is 1.86 bits per heavy atom. The molecule has 2 rings (SSSR count). The third-order valence-electron chi connectivity index (χ3n) is 5.48. The number of allylic oxidation sites excluding steroid dienone is 1. The second-order valence-corrected chi connectivity index (χ2v) is 12.7. The van der Waals surface area contributed by atoms with Gasteiger partial charge in [-0.05, 0) is 42.6 Å². The van der Waals surface area contributed by atoms with Crippen molar-refractivity contribution < 1.29 is 4.43 Å². The zero-order valence-electron chi connectivity index (χ0n) is 19.1. The largest absolute Gasteiger partial charge is 0.396 e. The third-order valence-corrected chi connectivity index (χ3v) is 8.05. The maximum Gasteiger partial charge on any atom is 0.220 e. The van der Waals surface area contributed by atoms with Crippen LogP contribution >= 0.6 is 0 Å².